The molecule has 3 aromatic carbocycles. The minimum atomic E-state index is -0.369. The molecule has 0 aliphatic rings. The van der Waals surface area contributed by atoms with Crippen LogP contribution >= 0.6 is 22.9 Å². The summed E-state index contributed by atoms with van der Waals surface area (Å²) in [4.78, 5) is 29.4. The Hall–Kier alpha value is -3.42. The Labute approximate surface area is 188 Å². The van der Waals surface area contributed by atoms with Gasteiger partial charge >= 0.3 is 6.03 Å². The van der Waals surface area contributed by atoms with Gasteiger partial charge < -0.3 is 10.6 Å². The number of carbonyl (C=O) groups excluding carboxylic acids is 2. The Balaban J connectivity index is 1.51. The van der Waals surface area contributed by atoms with Crippen LogP contribution in [0.15, 0.2) is 60.7 Å². The average Bonchev–Trinajstić information content (AvgIpc) is 3.15. The summed E-state index contributed by atoms with van der Waals surface area (Å²) in [5, 5.41) is 9.58. The summed E-state index contributed by atoms with van der Waals surface area (Å²) in [6.07, 6.45) is 0. The molecule has 0 aliphatic heterocycles. The molecule has 0 bridgehead atoms. The number of anilines is 3. The van der Waals surface area contributed by atoms with Crippen LogP contribution in [0.25, 0.3) is 10.2 Å². The number of urea groups is 1. The summed E-state index contributed by atoms with van der Waals surface area (Å²) in [6, 6.07) is 17.6. The molecule has 0 atom stereocenters. The molecule has 0 aliphatic carbocycles. The number of fused-ring (bicyclic) bond motifs is 1. The van der Waals surface area contributed by atoms with Gasteiger partial charge in [-0.25, -0.2) is 9.78 Å². The van der Waals surface area contributed by atoms with Crippen molar-refractivity contribution in [2.75, 3.05) is 16.0 Å². The van der Waals surface area contributed by atoms with E-state index in [1.807, 2.05) is 44.2 Å². The van der Waals surface area contributed by atoms with Crippen molar-refractivity contribution in [3.8, 4) is 0 Å². The van der Waals surface area contributed by atoms with E-state index in [1.54, 1.807) is 30.3 Å². The maximum Gasteiger partial charge on any atom is 0.323 e. The van der Waals surface area contributed by atoms with Gasteiger partial charge in [0.2, 0.25) is 0 Å². The number of hydrogen-bond donors (Lipinski definition) is 3. The highest BCUT2D eigenvalue weighted by Gasteiger charge is 2.13. The molecule has 0 unspecified atom stereocenters. The first-order valence-electron chi connectivity index (χ1n) is 9.51. The lowest BCUT2D eigenvalue weighted by Crippen LogP contribution is -2.20. The second kappa shape index (κ2) is 8.75. The maximum absolute atomic E-state index is 12.5. The van der Waals surface area contributed by atoms with Gasteiger partial charge in [0, 0.05) is 22.0 Å². The average molecular weight is 451 g/mol. The van der Waals surface area contributed by atoms with Crippen LogP contribution in [0, 0.1) is 13.8 Å². The number of nitrogens with zero attached hydrogens (tertiary/aromatic N) is 1. The molecule has 1 heterocycles. The summed E-state index contributed by atoms with van der Waals surface area (Å²) in [5.74, 6) is -0.216. The Morgan fingerprint density at radius 3 is 2.48 bits per heavy atom. The van der Waals surface area contributed by atoms with Crippen LogP contribution in [-0.4, -0.2) is 16.9 Å². The van der Waals surface area contributed by atoms with Gasteiger partial charge in [0.15, 0.2) is 5.13 Å². The van der Waals surface area contributed by atoms with Crippen molar-refractivity contribution in [2.24, 2.45) is 0 Å². The predicted octanol–water partition coefficient (Wildman–Crippen LogP) is 6.46. The lowest BCUT2D eigenvalue weighted by molar-refractivity contribution is 0.102. The topological polar surface area (TPSA) is 83.1 Å². The van der Waals surface area contributed by atoms with Crippen LogP contribution in [0.3, 0.4) is 0 Å². The third kappa shape index (κ3) is 4.68. The summed E-state index contributed by atoms with van der Waals surface area (Å²) in [6.45, 7) is 3.76. The summed E-state index contributed by atoms with van der Waals surface area (Å²) in [7, 11) is 0. The number of nitrogens with one attached hydrogen (secondary N) is 3. The van der Waals surface area contributed by atoms with Crippen molar-refractivity contribution < 1.29 is 9.59 Å². The summed E-state index contributed by atoms with van der Waals surface area (Å²) in [5.41, 5.74) is 4.31. The van der Waals surface area contributed by atoms with Gasteiger partial charge in [0.1, 0.15) is 0 Å². The summed E-state index contributed by atoms with van der Waals surface area (Å²) >= 11 is 7.47. The van der Waals surface area contributed by atoms with Gasteiger partial charge in [-0.3, -0.25) is 10.1 Å². The smallest absolute Gasteiger partial charge is 0.308 e. The molecule has 4 aromatic rings. The lowest BCUT2D eigenvalue weighted by Gasteiger charge is -2.11. The number of halogens is 1. The highest BCUT2D eigenvalue weighted by Crippen LogP contribution is 2.31. The van der Waals surface area contributed by atoms with Crippen molar-refractivity contribution in [3.63, 3.8) is 0 Å². The van der Waals surface area contributed by atoms with Crippen LogP contribution in [0.2, 0.25) is 5.02 Å². The molecule has 0 spiro atoms. The van der Waals surface area contributed by atoms with Gasteiger partial charge in [-0.05, 0) is 61.4 Å². The number of carbonyl (C=O) groups is 2. The van der Waals surface area contributed by atoms with E-state index in [1.165, 1.54) is 11.3 Å². The molecular weight excluding hydrogens is 432 g/mol. The van der Waals surface area contributed by atoms with Gasteiger partial charge in [-0.15, -0.1) is 0 Å². The largest absolute Gasteiger partial charge is 0.323 e. The Morgan fingerprint density at radius 1 is 0.935 bits per heavy atom. The van der Waals surface area contributed by atoms with Crippen molar-refractivity contribution in [1.29, 1.82) is 0 Å². The zero-order chi connectivity index (χ0) is 22.0. The zero-order valence-corrected chi connectivity index (χ0v) is 18.4. The second-order valence-electron chi connectivity index (χ2n) is 6.97. The van der Waals surface area contributed by atoms with Gasteiger partial charge in [-0.1, -0.05) is 47.2 Å². The first-order valence-corrected chi connectivity index (χ1v) is 10.7. The van der Waals surface area contributed by atoms with E-state index in [0.717, 1.165) is 21.3 Å². The molecule has 6 nitrogen and oxygen atoms in total. The number of aryl methyl sites for hydroxylation is 1. The predicted molar refractivity (Wildman–Crippen MR) is 128 cm³/mol. The molecule has 0 fully saturated rings. The van der Waals surface area contributed by atoms with Gasteiger partial charge in [0.05, 0.1) is 10.2 Å². The third-order valence-corrected chi connectivity index (χ3v) is 6.04. The fourth-order valence-electron chi connectivity index (χ4n) is 3.11. The van der Waals surface area contributed by atoms with Crippen LogP contribution in [0.5, 0.6) is 0 Å². The molecule has 8 heteroatoms. The van der Waals surface area contributed by atoms with Crippen LogP contribution in [0.4, 0.5) is 21.3 Å². The van der Waals surface area contributed by atoms with E-state index in [2.05, 4.69) is 20.9 Å². The first kappa shape index (κ1) is 20.8. The standard InChI is InChI=1S/C23H19ClN4O2S/c1-13-11-16(25-22(30)26-18-10-6-9-17(24)14(18)2)12-19-20(13)27-23(31-19)28-21(29)15-7-4-3-5-8-15/h3-12H,1-2H3,(H2,25,26,30)(H,27,28,29). The van der Waals surface area contributed by atoms with Crippen molar-refractivity contribution >= 4 is 61.6 Å². The second-order valence-corrected chi connectivity index (χ2v) is 8.41. The van der Waals surface area contributed by atoms with E-state index in [-0.39, 0.29) is 11.9 Å². The molecule has 3 amide bonds. The van der Waals surface area contributed by atoms with Crippen molar-refractivity contribution in [1.82, 2.24) is 4.98 Å². The number of aromatic nitrogens is 1. The minimum Gasteiger partial charge on any atom is -0.308 e. The molecular formula is C23H19ClN4O2S. The van der Waals surface area contributed by atoms with Gasteiger partial charge in [0.25, 0.3) is 5.91 Å². The van der Waals surface area contributed by atoms with Crippen LogP contribution < -0.4 is 16.0 Å². The van der Waals surface area contributed by atoms with E-state index in [4.69, 9.17) is 11.6 Å². The number of benzene rings is 3. The van der Waals surface area contributed by atoms with E-state index < -0.39 is 0 Å². The SMILES string of the molecule is Cc1c(Cl)cccc1NC(=O)Nc1cc(C)c2nc(NC(=O)c3ccccc3)sc2c1. The zero-order valence-electron chi connectivity index (χ0n) is 16.8. The highest BCUT2D eigenvalue weighted by atomic mass is 35.5. The van der Waals surface area contributed by atoms with Crippen molar-refractivity contribution in [3.05, 3.63) is 82.4 Å². The quantitative estimate of drug-likeness (QED) is 0.333. The molecule has 0 saturated heterocycles. The van der Waals surface area contributed by atoms with E-state index >= 15 is 0 Å². The van der Waals surface area contributed by atoms with Gasteiger partial charge in [-0.2, -0.15) is 0 Å². The normalized spacial score (nSPS) is 10.7. The number of rotatable bonds is 4. The molecule has 4 rings (SSSR count). The maximum atomic E-state index is 12.5. The molecule has 1 aromatic heterocycles. The minimum absolute atomic E-state index is 0.216. The Bertz CT molecular complexity index is 1290. The molecule has 3 N–H and O–H groups in total. The summed E-state index contributed by atoms with van der Waals surface area (Å²) < 4.78 is 0.859. The third-order valence-electron chi connectivity index (χ3n) is 4.72. The number of thiazole rings is 1. The fourth-order valence-corrected chi connectivity index (χ4v) is 4.26. The number of amides is 3. The molecule has 31 heavy (non-hydrogen) atoms. The lowest BCUT2D eigenvalue weighted by atomic mass is 10.2. The fraction of sp³-hybridized carbons (Fsp3) is 0.0870. The highest BCUT2D eigenvalue weighted by molar-refractivity contribution is 7.22. The first-order chi connectivity index (χ1) is 14.9. The van der Waals surface area contributed by atoms with E-state index in [0.29, 0.717) is 27.1 Å². The molecule has 0 saturated carbocycles. The van der Waals surface area contributed by atoms with Crippen LogP contribution in [-0.2, 0) is 0 Å². The van der Waals surface area contributed by atoms with Crippen LogP contribution in [0.1, 0.15) is 21.5 Å². The Kier molecular flexibility index (Phi) is 5.88. The number of hydrogen-bond acceptors (Lipinski definition) is 4. The Morgan fingerprint density at radius 2 is 1.71 bits per heavy atom. The monoisotopic (exact) mass is 450 g/mol. The molecule has 0 radical (unpaired) electrons. The molecule has 156 valence electrons. The van der Waals surface area contributed by atoms with E-state index in [9.17, 15) is 9.59 Å². The van der Waals surface area contributed by atoms with Crippen molar-refractivity contribution in [2.45, 2.75) is 13.8 Å².